The fourth-order valence-electron chi connectivity index (χ4n) is 2.33. The van der Waals surface area contributed by atoms with Crippen LogP contribution in [0.5, 0.6) is 0 Å². The smallest absolute Gasteiger partial charge is 0.0595 e. The minimum absolute atomic E-state index is 0.0160. The number of benzene rings is 1. The first-order valence-electron chi connectivity index (χ1n) is 5.50. The van der Waals surface area contributed by atoms with Crippen molar-refractivity contribution in [2.45, 2.75) is 24.9 Å². The molecule has 1 aromatic rings. The monoisotopic (exact) mass is 258 g/mol. The molecule has 0 saturated carbocycles. The van der Waals surface area contributed by atoms with Gasteiger partial charge in [-0.1, -0.05) is 29.3 Å². The molecule has 2 N–H and O–H groups in total. The highest BCUT2D eigenvalue weighted by molar-refractivity contribution is 6.42. The van der Waals surface area contributed by atoms with E-state index in [2.05, 4.69) is 11.9 Å². The van der Waals surface area contributed by atoms with Crippen LogP contribution in [0.25, 0.3) is 0 Å². The predicted molar refractivity (Wildman–Crippen MR) is 69.0 cm³/mol. The SMILES string of the molecule is CN1CCC[C@@H]1[C@@H](N)c1ccc(Cl)c(Cl)c1. The quantitative estimate of drug-likeness (QED) is 0.884. The first-order chi connectivity index (χ1) is 7.59. The first-order valence-corrected chi connectivity index (χ1v) is 6.26. The lowest BCUT2D eigenvalue weighted by atomic mass is 9.98. The Kier molecular flexibility index (Phi) is 3.75. The van der Waals surface area contributed by atoms with Crippen LogP contribution in [-0.2, 0) is 0 Å². The summed E-state index contributed by atoms with van der Waals surface area (Å²) >= 11 is 11.9. The molecule has 4 heteroatoms. The molecule has 1 saturated heterocycles. The second-order valence-electron chi connectivity index (χ2n) is 4.39. The van der Waals surface area contributed by atoms with E-state index in [-0.39, 0.29) is 6.04 Å². The number of likely N-dealkylation sites (N-methyl/N-ethyl adjacent to an activating group) is 1. The molecule has 1 fully saturated rings. The summed E-state index contributed by atoms with van der Waals surface area (Å²) in [6.45, 7) is 1.12. The molecule has 1 aliphatic heterocycles. The molecular formula is C12H16Cl2N2. The third-order valence-electron chi connectivity index (χ3n) is 3.32. The van der Waals surface area contributed by atoms with Crippen LogP contribution in [-0.4, -0.2) is 24.5 Å². The van der Waals surface area contributed by atoms with Gasteiger partial charge in [0.25, 0.3) is 0 Å². The fraction of sp³-hybridized carbons (Fsp3) is 0.500. The van der Waals surface area contributed by atoms with Crippen molar-refractivity contribution in [3.05, 3.63) is 33.8 Å². The largest absolute Gasteiger partial charge is 0.323 e. The molecule has 0 aliphatic carbocycles. The lowest BCUT2D eigenvalue weighted by Crippen LogP contribution is -2.35. The lowest BCUT2D eigenvalue weighted by Gasteiger charge is -2.26. The van der Waals surface area contributed by atoms with Gasteiger partial charge >= 0.3 is 0 Å². The summed E-state index contributed by atoms with van der Waals surface area (Å²) in [6, 6.07) is 6.08. The Morgan fingerprint density at radius 3 is 2.69 bits per heavy atom. The lowest BCUT2D eigenvalue weighted by molar-refractivity contribution is 0.273. The number of rotatable bonds is 2. The van der Waals surface area contributed by atoms with Gasteiger partial charge < -0.3 is 10.6 Å². The van der Waals surface area contributed by atoms with Crippen molar-refractivity contribution in [2.24, 2.45) is 5.73 Å². The summed E-state index contributed by atoms with van der Waals surface area (Å²) in [5.74, 6) is 0. The number of halogens is 2. The molecule has 2 atom stereocenters. The highest BCUT2D eigenvalue weighted by Crippen LogP contribution is 2.30. The Labute approximate surface area is 106 Å². The summed E-state index contributed by atoms with van der Waals surface area (Å²) in [4.78, 5) is 2.31. The van der Waals surface area contributed by atoms with Crippen LogP contribution in [0.4, 0.5) is 0 Å². The number of nitrogens with two attached hydrogens (primary N) is 1. The van der Waals surface area contributed by atoms with Gasteiger partial charge in [0.2, 0.25) is 0 Å². The molecule has 0 spiro atoms. The van der Waals surface area contributed by atoms with E-state index in [4.69, 9.17) is 28.9 Å². The molecule has 0 radical (unpaired) electrons. The Bertz CT molecular complexity index is 381. The summed E-state index contributed by atoms with van der Waals surface area (Å²) in [5, 5.41) is 1.16. The molecule has 1 aliphatic rings. The molecule has 88 valence electrons. The third-order valence-corrected chi connectivity index (χ3v) is 4.06. The van der Waals surface area contributed by atoms with Gasteiger partial charge in [0.1, 0.15) is 0 Å². The van der Waals surface area contributed by atoms with Crippen LogP contribution in [0.15, 0.2) is 18.2 Å². The molecule has 2 rings (SSSR count). The van der Waals surface area contributed by atoms with Crippen LogP contribution in [0.3, 0.4) is 0 Å². The zero-order valence-electron chi connectivity index (χ0n) is 9.29. The maximum absolute atomic E-state index is 6.27. The maximum Gasteiger partial charge on any atom is 0.0595 e. The molecule has 0 bridgehead atoms. The molecular weight excluding hydrogens is 243 g/mol. The normalized spacial score (nSPS) is 23.6. The van der Waals surface area contributed by atoms with Crippen molar-refractivity contribution < 1.29 is 0 Å². The highest BCUT2D eigenvalue weighted by atomic mass is 35.5. The minimum atomic E-state index is 0.0160. The van der Waals surface area contributed by atoms with Gasteiger partial charge in [0.05, 0.1) is 10.0 Å². The van der Waals surface area contributed by atoms with Crippen molar-refractivity contribution in [3.63, 3.8) is 0 Å². The second-order valence-corrected chi connectivity index (χ2v) is 5.20. The van der Waals surface area contributed by atoms with Crippen molar-refractivity contribution in [1.29, 1.82) is 0 Å². The zero-order valence-corrected chi connectivity index (χ0v) is 10.8. The van der Waals surface area contributed by atoms with Crippen molar-refractivity contribution >= 4 is 23.2 Å². The van der Waals surface area contributed by atoms with Gasteiger partial charge in [0, 0.05) is 12.1 Å². The standard InChI is InChI=1S/C12H16Cl2N2/c1-16-6-2-3-11(16)12(15)8-4-5-9(13)10(14)7-8/h4-5,7,11-12H,2-3,6,15H2,1H3/t11-,12+/m1/s1. The molecule has 0 unspecified atom stereocenters. The van der Waals surface area contributed by atoms with Gasteiger partial charge in [-0.25, -0.2) is 0 Å². The summed E-state index contributed by atoms with van der Waals surface area (Å²) in [5.41, 5.74) is 7.33. The topological polar surface area (TPSA) is 29.3 Å². The van der Waals surface area contributed by atoms with E-state index >= 15 is 0 Å². The average molecular weight is 259 g/mol. The van der Waals surface area contributed by atoms with E-state index in [0.717, 1.165) is 18.5 Å². The first kappa shape index (κ1) is 12.2. The van der Waals surface area contributed by atoms with Crippen molar-refractivity contribution in [2.75, 3.05) is 13.6 Å². The van der Waals surface area contributed by atoms with E-state index < -0.39 is 0 Å². The van der Waals surface area contributed by atoms with Crippen LogP contribution in [0.2, 0.25) is 10.0 Å². The van der Waals surface area contributed by atoms with Gasteiger partial charge in [-0.15, -0.1) is 0 Å². The third kappa shape index (κ3) is 2.35. The number of nitrogens with zero attached hydrogens (tertiary/aromatic N) is 1. The number of hydrogen-bond acceptors (Lipinski definition) is 2. The highest BCUT2D eigenvalue weighted by Gasteiger charge is 2.27. The molecule has 2 nitrogen and oxygen atoms in total. The Balaban J connectivity index is 2.20. The predicted octanol–water partition coefficient (Wildman–Crippen LogP) is 3.09. The van der Waals surface area contributed by atoms with Crippen molar-refractivity contribution in [1.82, 2.24) is 4.90 Å². The van der Waals surface area contributed by atoms with Crippen LogP contribution < -0.4 is 5.73 Å². The van der Waals surface area contributed by atoms with Crippen LogP contribution in [0, 0.1) is 0 Å². The van der Waals surface area contributed by atoms with E-state index in [9.17, 15) is 0 Å². The minimum Gasteiger partial charge on any atom is -0.323 e. The van der Waals surface area contributed by atoms with E-state index in [1.807, 2.05) is 18.2 Å². The van der Waals surface area contributed by atoms with Gasteiger partial charge in [-0.3, -0.25) is 0 Å². The van der Waals surface area contributed by atoms with Crippen LogP contribution >= 0.6 is 23.2 Å². The Hall–Kier alpha value is -0.280. The summed E-state index contributed by atoms with van der Waals surface area (Å²) in [6.07, 6.45) is 2.37. The van der Waals surface area contributed by atoms with Crippen LogP contribution in [0.1, 0.15) is 24.4 Å². The molecule has 16 heavy (non-hydrogen) atoms. The zero-order chi connectivity index (χ0) is 11.7. The van der Waals surface area contributed by atoms with Gasteiger partial charge in [-0.05, 0) is 44.1 Å². The Morgan fingerprint density at radius 2 is 2.12 bits per heavy atom. The van der Waals surface area contributed by atoms with E-state index in [1.165, 1.54) is 6.42 Å². The number of likely N-dealkylation sites (tertiary alicyclic amines) is 1. The van der Waals surface area contributed by atoms with E-state index in [1.54, 1.807) is 0 Å². The summed E-state index contributed by atoms with van der Waals surface area (Å²) in [7, 11) is 2.12. The summed E-state index contributed by atoms with van der Waals surface area (Å²) < 4.78 is 0. The second kappa shape index (κ2) is 4.92. The van der Waals surface area contributed by atoms with E-state index in [0.29, 0.717) is 16.1 Å². The van der Waals surface area contributed by atoms with Gasteiger partial charge in [-0.2, -0.15) is 0 Å². The molecule has 0 aromatic heterocycles. The van der Waals surface area contributed by atoms with Gasteiger partial charge in [0.15, 0.2) is 0 Å². The van der Waals surface area contributed by atoms with Crippen molar-refractivity contribution in [3.8, 4) is 0 Å². The Morgan fingerprint density at radius 1 is 1.38 bits per heavy atom. The molecule has 1 heterocycles. The maximum atomic E-state index is 6.27. The molecule has 0 amide bonds. The number of hydrogen-bond donors (Lipinski definition) is 1. The average Bonchev–Trinajstić information content (AvgIpc) is 2.67. The fourth-order valence-corrected chi connectivity index (χ4v) is 2.64. The molecule has 1 aromatic carbocycles.